The Morgan fingerprint density at radius 1 is 1.50 bits per heavy atom. The van der Waals surface area contributed by atoms with Crippen LogP contribution >= 0.6 is 0 Å². The lowest BCUT2D eigenvalue weighted by molar-refractivity contribution is 0.270. The van der Waals surface area contributed by atoms with Gasteiger partial charge in [-0.15, -0.1) is 0 Å². The molecule has 1 atom stereocenters. The first kappa shape index (κ1) is 13.8. The summed E-state index contributed by atoms with van der Waals surface area (Å²) in [5, 5.41) is 8.65. The topological polar surface area (TPSA) is 66.4 Å². The van der Waals surface area contributed by atoms with Crippen LogP contribution in [-0.4, -0.2) is 38.6 Å². The molecular formula is C8H18FNO3S. The van der Waals surface area contributed by atoms with E-state index in [1.165, 1.54) is 0 Å². The van der Waals surface area contributed by atoms with Crippen LogP contribution in [0.25, 0.3) is 0 Å². The maximum atomic E-state index is 11.8. The minimum absolute atomic E-state index is 0.0187. The SMILES string of the molecule is CCC(CCO)NS(=O)(=O)CCCF. The summed E-state index contributed by atoms with van der Waals surface area (Å²) in [4.78, 5) is 0. The number of hydrogen-bond acceptors (Lipinski definition) is 3. The van der Waals surface area contributed by atoms with Crippen LogP contribution in [0.2, 0.25) is 0 Å². The summed E-state index contributed by atoms with van der Waals surface area (Å²) in [5.41, 5.74) is 0. The molecule has 0 fully saturated rings. The predicted octanol–water partition coefficient (Wildman–Crippen LogP) is 0.426. The first-order valence-corrected chi connectivity index (χ1v) is 6.37. The highest BCUT2D eigenvalue weighted by Gasteiger charge is 2.15. The highest BCUT2D eigenvalue weighted by molar-refractivity contribution is 7.89. The van der Waals surface area contributed by atoms with E-state index in [1.54, 1.807) is 0 Å². The van der Waals surface area contributed by atoms with Crippen molar-refractivity contribution in [1.82, 2.24) is 4.72 Å². The first-order chi connectivity index (χ1) is 6.55. The molecule has 0 aromatic rings. The Bertz CT molecular complexity index is 231. The molecule has 86 valence electrons. The van der Waals surface area contributed by atoms with Crippen molar-refractivity contribution in [2.45, 2.75) is 32.2 Å². The van der Waals surface area contributed by atoms with Crippen LogP contribution in [-0.2, 0) is 10.0 Å². The normalized spacial score (nSPS) is 14.2. The standard InChI is InChI=1S/C8H18FNO3S/c1-2-8(4-6-11)10-14(12,13)7-3-5-9/h8,10-11H,2-7H2,1H3. The molecule has 4 nitrogen and oxygen atoms in total. The van der Waals surface area contributed by atoms with Gasteiger partial charge in [-0.3, -0.25) is 4.39 Å². The number of hydrogen-bond donors (Lipinski definition) is 2. The van der Waals surface area contributed by atoms with Gasteiger partial charge in [0.2, 0.25) is 10.0 Å². The summed E-state index contributed by atoms with van der Waals surface area (Å²) in [7, 11) is -3.38. The Morgan fingerprint density at radius 3 is 2.57 bits per heavy atom. The molecule has 0 saturated heterocycles. The summed E-state index contributed by atoms with van der Waals surface area (Å²) in [6, 6.07) is -0.246. The average molecular weight is 227 g/mol. The highest BCUT2D eigenvalue weighted by atomic mass is 32.2. The second-order valence-corrected chi connectivity index (χ2v) is 4.97. The van der Waals surface area contributed by atoms with Gasteiger partial charge in [-0.1, -0.05) is 6.92 Å². The van der Waals surface area contributed by atoms with Gasteiger partial charge in [0.15, 0.2) is 0 Å². The van der Waals surface area contributed by atoms with Gasteiger partial charge in [0.05, 0.1) is 12.4 Å². The lowest BCUT2D eigenvalue weighted by atomic mass is 10.2. The fourth-order valence-corrected chi connectivity index (χ4v) is 2.46. The summed E-state index contributed by atoms with van der Waals surface area (Å²) >= 11 is 0. The van der Waals surface area contributed by atoms with Crippen LogP contribution in [0.4, 0.5) is 4.39 Å². The molecule has 0 radical (unpaired) electrons. The van der Waals surface area contributed by atoms with E-state index in [9.17, 15) is 12.8 Å². The summed E-state index contributed by atoms with van der Waals surface area (Å²) in [6.45, 7) is 1.15. The van der Waals surface area contributed by atoms with Gasteiger partial charge < -0.3 is 5.11 Å². The van der Waals surface area contributed by atoms with Crippen molar-refractivity contribution < 1.29 is 17.9 Å². The number of aliphatic hydroxyl groups excluding tert-OH is 1. The summed E-state index contributed by atoms with van der Waals surface area (Å²) < 4.78 is 36.7. The first-order valence-electron chi connectivity index (χ1n) is 4.72. The van der Waals surface area contributed by atoms with Crippen molar-refractivity contribution in [1.29, 1.82) is 0 Å². The van der Waals surface area contributed by atoms with E-state index < -0.39 is 16.7 Å². The number of alkyl halides is 1. The largest absolute Gasteiger partial charge is 0.396 e. The van der Waals surface area contributed by atoms with Gasteiger partial charge in [0, 0.05) is 12.6 Å². The van der Waals surface area contributed by atoms with Gasteiger partial charge >= 0.3 is 0 Å². The molecule has 6 heteroatoms. The van der Waals surface area contributed by atoms with E-state index in [0.717, 1.165) is 0 Å². The van der Waals surface area contributed by atoms with Crippen LogP contribution in [0.3, 0.4) is 0 Å². The Labute approximate surface area is 84.6 Å². The molecule has 0 saturated carbocycles. The fraction of sp³-hybridized carbons (Fsp3) is 1.00. The van der Waals surface area contributed by atoms with Crippen LogP contribution in [0.1, 0.15) is 26.2 Å². The average Bonchev–Trinajstić information content (AvgIpc) is 2.14. The Morgan fingerprint density at radius 2 is 2.14 bits per heavy atom. The van der Waals surface area contributed by atoms with E-state index in [4.69, 9.17) is 5.11 Å². The summed E-state index contributed by atoms with van der Waals surface area (Å²) in [6.07, 6.45) is 1.03. The van der Waals surface area contributed by atoms with E-state index in [1.807, 2.05) is 6.92 Å². The summed E-state index contributed by atoms with van der Waals surface area (Å²) in [5.74, 6) is -0.189. The maximum Gasteiger partial charge on any atom is 0.211 e. The molecule has 0 aliphatic carbocycles. The zero-order valence-electron chi connectivity index (χ0n) is 8.37. The molecule has 0 amide bonds. The van der Waals surface area contributed by atoms with Gasteiger partial charge in [-0.05, 0) is 19.3 Å². The van der Waals surface area contributed by atoms with Gasteiger partial charge in [-0.2, -0.15) is 0 Å². The Hall–Kier alpha value is -0.200. The monoisotopic (exact) mass is 227 g/mol. The Kier molecular flexibility index (Phi) is 7.04. The minimum Gasteiger partial charge on any atom is -0.396 e. The van der Waals surface area contributed by atoms with Crippen LogP contribution in [0.15, 0.2) is 0 Å². The van der Waals surface area contributed by atoms with E-state index in [0.29, 0.717) is 12.8 Å². The quantitative estimate of drug-likeness (QED) is 0.632. The van der Waals surface area contributed by atoms with Crippen molar-refractivity contribution in [3.05, 3.63) is 0 Å². The second-order valence-electron chi connectivity index (χ2n) is 3.10. The molecule has 0 aliphatic heterocycles. The number of aliphatic hydroxyl groups is 1. The highest BCUT2D eigenvalue weighted by Crippen LogP contribution is 2.00. The molecule has 2 N–H and O–H groups in total. The third-order valence-electron chi connectivity index (χ3n) is 1.86. The van der Waals surface area contributed by atoms with Crippen molar-refractivity contribution >= 4 is 10.0 Å². The molecule has 14 heavy (non-hydrogen) atoms. The minimum atomic E-state index is -3.38. The molecule has 0 aromatic carbocycles. The number of nitrogens with one attached hydrogen (secondary N) is 1. The predicted molar refractivity (Wildman–Crippen MR) is 53.3 cm³/mol. The van der Waals surface area contributed by atoms with Crippen molar-refractivity contribution in [2.75, 3.05) is 19.0 Å². The van der Waals surface area contributed by atoms with Gasteiger partial charge in [-0.25, -0.2) is 13.1 Å². The number of halogens is 1. The fourth-order valence-electron chi connectivity index (χ4n) is 1.06. The molecule has 0 aliphatic rings. The van der Waals surface area contributed by atoms with E-state index in [-0.39, 0.29) is 24.8 Å². The van der Waals surface area contributed by atoms with E-state index >= 15 is 0 Å². The second kappa shape index (κ2) is 7.14. The smallest absolute Gasteiger partial charge is 0.211 e. The molecule has 0 bridgehead atoms. The van der Waals surface area contributed by atoms with Crippen molar-refractivity contribution in [2.24, 2.45) is 0 Å². The molecule has 0 aromatic heterocycles. The Balaban J connectivity index is 4.04. The third-order valence-corrected chi connectivity index (χ3v) is 3.38. The number of rotatable bonds is 8. The van der Waals surface area contributed by atoms with Crippen LogP contribution < -0.4 is 4.72 Å². The number of sulfonamides is 1. The van der Waals surface area contributed by atoms with Crippen molar-refractivity contribution in [3.8, 4) is 0 Å². The third kappa shape index (κ3) is 6.28. The molecule has 0 heterocycles. The van der Waals surface area contributed by atoms with Crippen LogP contribution in [0, 0.1) is 0 Å². The van der Waals surface area contributed by atoms with Crippen LogP contribution in [0.5, 0.6) is 0 Å². The molecule has 0 rings (SSSR count). The zero-order valence-corrected chi connectivity index (χ0v) is 9.19. The van der Waals surface area contributed by atoms with Crippen molar-refractivity contribution in [3.63, 3.8) is 0 Å². The van der Waals surface area contributed by atoms with E-state index in [2.05, 4.69) is 4.72 Å². The molecule has 1 unspecified atom stereocenters. The lowest BCUT2D eigenvalue weighted by Gasteiger charge is -2.15. The maximum absolute atomic E-state index is 11.8. The van der Waals surface area contributed by atoms with Gasteiger partial charge in [0.1, 0.15) is 0 Å². The molecule has 0 spiro atoms. The molecular weight excluding hydrogens is 209 g/mol. The lowest BCUT2D eigenvalue weighted by Crippen LogP contribution is -2.36. The zero-order chi connectivity index (χ0) is 11.0. The van der Waals surface area contributed by atoms with Gasteiger partial charge in [0.25, 0.3) is 0 Å².